The lowest BCUT2D eigenvalue weighted by molar-refractivity contribution is 0.132. The minimum atomic E-state index is 0.452. The number of hydrogen-bond acceptors (Lipinski definition) is 2. The molecule has 1 aliphatic rings. The normalized spacial score (nSPS) is 15.0. The summed E-state index contributed by atoms with van der Waals surface area (Å²) in [5, 5.41) is 4.12. The molecule has 3 aromatic carbocycles. The zero-order chi connectivity index (χ0) is 19.0. The maximum Gasteiger partial charge on any atom is 0.142 e. The van der Waals surface area contributed by atoms with E-state index < -0.39 is 0 Å². The molecule has 0 saturated heterocycles. The van der Waals surface area contributed by atoms with Gasteiger partial charge in [0, 0.05) is 5.56 Å². The molecule has 0 unspecified atom stereocenters. The molecule has 3 aromatic rings. The van der Waals surface area contributed by atoms with Gasteiger partial charge in [-0.3, -0.25) is 0 Å². The van der Waals surface area contributed by atoms with Crippen LogP contribution in [0.5, 0.6) is 0 Å². The van der Waals surface area contributed by atoms with Gasteiger partial charge in [0.25, 0.3) is 0 Å². The second-order valence-corrected chi connectivity index (χ2v) is 7.46. The van der Waals surface area contributed by atoms with E-state index in [2.05, 4.69) is 78.1 Å². The predicted molar refractivity (Wildman–Crippen MR) is 115 cm³/mol. The monoisotopic (exact) mass is 368 g/mol. The molecule has 0 heterocycles. The predicted octanol–water partition coefficient (Wildman–Crippen LogP) is 6.83. The van der Waals surface area contributed by atoms with Crippen molar-refractivity contribution in [2.24, 2.45) is 5.16 Å². The molecule has 1 aliphatic carbocycles. The number of benzene rings is 3. The van der Waals surface area contributed by atoms with Crippen molar-refractivity contribution in [1.82, 2.24) is 0 Å². The summed E-state index contributed by atoms with van der Waals surface area (Å²) < 4.78 is 0. The lowest BCUT2D eigenvalue weighted by Crippen LogP contribution is -2.07. The van der Waals surface area contributed by atoms with Gasteiger partial charge < -0.3 is 4.84 Å². The van der Waals surface area contributed by atoms with Gasteiger partial charge in [-0.25, -0.2) is 0 Å². The van der Waals surface area contributed by atoms with E-state index in [1.165, 1.54) is 48.8 Å². The van der Waals surface area contributed by atoms with Crippen LogP contribution in [0.1, 0.15) is 54.7 Å². The zero-order valence-corrected chi connectivity index (χ0v) is 16.2. The highest BCUT2D eigenvalue weighted by Gasteiger charge is 2.17. The Balaban J connectivity index is 1.36. The second-order valence-electron chi connectivity index (χ2n) is 7.46. The van der Waals surface area contributed by atoms with E-state index in [4.69, 9.17) is 4.84 Å². The van der Waals surface area contributed by atoms with Crippen LogP contribution in [0.3, 0.4) is 0 Å². The molecule has 28 heavy (non-hydrogen) atoms. The summed E-state index contributed by atoms with van der Waals surface area (Å²) in [6.45, 7) is 0.452. The first kappa shape index (κ1) is 18.5. The number of hydrogen-bond donors (Lipinski definition) is 0. The summed E-state index contributed by atoms with van der Waals surface area (Å²) in [6, 6.07) is 27.3. The van der Waals surface area contributed by atoms with Gasteiger partial charge in [0.2, 0.25) is 0 Å². The van der Waals surface area contributed by atoms with E-state index in [-0.39, 0.29) is 0 Å². The molecule has 4 rings (SSSR count). The third-order valence-corrected chi connectivity index (χ3v) is 5.53. The smallest absolute Gasteiger partial charge is 0.142 e. The highest BCUT2D eigenvalue weighted by molar-refractivity contribution is 5.81. The van der Waals surface area contributed by atoms with E-state index in [1.54, 1.807) is 0 Å². The van der Waals surface area contributed by atoms with Crippen LogP contribution in [-0.2, 0) is 11.4 Å². The molecule has 0 aliphatic heterocycles. The van der Waals surface area contributed by atoms with Gasteiger partial charge in [0.05, 0.1) is 0 Å². The minimum Gasteiger partial charge on any atom is -0.390 e. The first-order valence-corrected chi connectivity index (χ1v) is 10.2. The molecular formula is C26H26NO. The largest absolute Gasteiger partial charge is 0.390 e. The van der Waals surface area contributed by atoms with E-state index in [1.807, 2.05) is 12.1 Å². The van der Waals surface area contributed by atoms with Crippen LogP contribution in [0, 0.1) is 0 Å². The molecule has 1 saturated carbocycles. The zero-order valence-electron chi connectivity index (χ0n) is 16.2. The fraction of sp³-hybridized carbons (Fsp3) is 0.269. The Morgan fingerprint density at radius 1 is 0.750 bits per heavy atom. The highest BCUT2D eigenvalue weighted by Crippen LogP contribution is 2.33. The molecule has 2 nitrogen and oxygen atoms in total. The molecule has 0 atom stereocenters. The van der Waals surface area contributed by atoms with Crippen molar-refractivity contribution in [2.75, 3.05) is 0 Å². The molecule has 2 heteroatoms. The van der Waals surface area contributed by atoms with E-state index in [0.717, 1.165) is 11.1 Å². The average molecular weight is 369 g/mol. The van der Waals surface area contributed by atoms with Crippen LogP contribution in [-0.4, -0.2) is 6.21 Å². The number of nitrogens with zero attached hydrogens (tertiary/aromatic N) is 1. The first-order chi connectivity index (χ1) is 13.9. The highest BCUT2D eigenvalue weighted by atomic mass is 16.6. The summed E-state index contributed by atoms with van der Waals surface area (Å²) >= 11 is 0. The van der Waals surface area contributed by atoms with Crippen LogP contribution in [0.4, 0.5) is 0 Å². The van der Waals surface area contributed by atoms with Gasteiger partial charge in [0.15, 0.2) is 0 Å². The molecule has 0 N–H and O–H groups in total. The Morgan fingerprint density at radius 3 is 2.21 bits per heavy atom. The topological polar surface area (TPSA) is 21.6 Å². The van der Waals surface area contributed by atoms with E-state index in [9.17, 15) is 0 Å². The van der Waals surface area contributed by atoms with Gasteiger partial charge in [0.1, 0.15) is 12.8 Å². The van der Waals surface area contributed by atoms with Crippen LogP contribution in [0.15, 0.2) is 84.0 Å². The van der Waals surface area contributed by atoms with Crippen LogP contribution >= 0.6 is 0 Å². The fourth-order valence-electron chi connectivity index (χ4n) is 3.98. The first-order valence-electron chi connectivity index (χ1n) is 10.2. The quantitative estimate of drug-likeness (QED) is 0.345. The van der Waals surface area contributed by atoms with Crippen LogP contribution in [0.25, 0.3) is 11.1 Å². The van der Waals surface area contributed by atoms with Crippen molar-refractivity contribution in [3.8, 4) is 11.1 Å². The van der Waals surface area contributed by atoms with Gasteiger partial charge >= 0.3 is 0 Å². The maximum atomic E-state index is 5.53. The molecule has 1 radical (unpaired) electrons. The lowest BCUT2D eigenvalue weighted by Gasteiger charge is -2.23. The third kappa shape index (κ3) is 4.69. The molecule has 0 bridgehead atoms. The SMILES string of the molecule is [C](=N/OCc1ccc(-c2ccccc2)cc1)/c1ccccc1C1CCCCC1. The maximum absolute atomic E-state index is 5.53. The van der Waals surface area contributed by atoms with Crippen molar-refractivity contribution < 1.29 is 4.84 Å². The summed E-state index contributed by atoms with van der Waals surface area (Å²) in [4.78, 5) is 5.53. The molecular weight excluding hydrogens is 342 g/mol. The molecule has 0 amide bonds. The molecule has 1 fully saturated rings. The third-order valence-electron chi connectivity index (χ3n) is 5.53. The summed E-state index contributed by atoms with van der Waals surface area (Å²) in [5.41, 5.74) is 5.96. The summed E-state index contributed by atoms with van der Waals surface area (Å²) in [5.74, 6) is 0.637. The van der Waals surface area contributed by atoms with Crippen molar-refractivity contribution in [1.29, 1.82) is 0 Å². The Hall–Kier alpha value is -2.87. The van der Waals surface area contributed by atoms with Crippen LogP contribution in [0.2, 0.25) is 0 Å². The molecule has 141 valence electrons. The van der Waals surface area contributed by atoms with Crippen molar-refractivity contribution >= 4 is 6.21 Å². The van der Waals surface area contributed by atoms with E-state index >= 15 is 0 Å². The second kappa shape index (κ2) is 9.36. The van der Waals surface area contributed by atoms with Crippen LogP contribution < -0.4 is 0 Å². The average Bonchev–Trinajstić information content (AvgIpc) is 2.79. The molecule has 0 aromatic heterocycles. The number of rotatable bonds is 6. The molecule has 0 spiro atoms. The standard InChI is InChI=1S/C26H26NO/c1-3-9-22(10-4-1)23-17-15-21(16-18-23)20-28-27-19-25-13-7-8-14-26(25)24-11-5-2-6-12-24/h1,3-4,7-10,13-18,24H,2,5-6,11-12,20H2. The summed E-state index contributed by atoms with van der Waals surface area (Å²) in [6.07, 6.45) is 9.68. The van der Waals surface area contributed by atoms with Crippen molar-refractivity contribution in [3.05, 3.63) is 95.6 Å². The Morgan fingerprint density at radius 2 is 1.43 bits per heavy atom. The minimum absolute atomic E-state index is 0.452. The summed E-state index contributed by atoms with van der Waals surface area (Å²) in [7, 11) is 0. The fourth-order valence-corrected chi connectivity index (χ4v) is 3.98. The lowest BCUT2D eigenvalue weighted by atomic mass is 9.82. The van der Waals surface area contributed by atoms with Crippen molar-refractivity contribution in [2.45, 2.75) is 44.6 Å². The Labute approximate surface area is 167 Å². The van der Waals surface area contributed by atoms with Crippen molar-refractivity contribution in [3.63, 3.8) is 0 Å². The van der Waals surface area contributed by atoms with Gasteiger partial charge in [-0.05, 0) is 41.0 Å². The van der Waals surface area contributed by atoms with Gasteiger partial charge in [-0.2, -0.15) is 0 Å². The van der Waals surface area contributed by atoms with Gasteiger partial charge in [-0.1, -0.05) is 103 Å². The van der Waals surface area contributed by atoms with Gasteiger partial charge in [-0.15, -0.1) is 0 Å². The van der Waals surface area contributed by atoms with E-state index in [0.29, 0.717) is 12.5 Å². The Bertz CT molecular complexity index is 893. The Kier molecular flexibility index (Phi) is 6.18.